The molecule has 2 saturated heterocycles. The molecule has 2 aromatic rings. The Balaban J connectivity index is 1.41. The highest BCUT2D eigenvalue weighted by Crippen LogP contribution is 2.28. The predicted molar refractivity (Wildman–Crippen MR) is 109 cm³/mol. The van der Waals surface area contributed by atoms with Gasteiger partial charge < -0.3 is 9.42 Å². The van der Waals surface area contributed by atoms with Gasteiger partial charge in [-0.2, -0.15) is 4.31 Å². The Morgan fingerprint density at radius 3 is 2.52 bits per heavy atom. The number of rotatable bonds is 5. The first-order chi connectivity index (χ1) is 13.9. The van der Waals surface area contributed by atoms with Gasteiger partial charge in [0, 0.05) is 45.3 Å². The number of piperidine rings is 1. The van der Waals surface area contributed by atoms with E-state index in [9.17, 15) is 13.2 Å². The molecular weight excluding hydrogens is 412 g/mol. The van der Waals surface area contributed by atoms with Crippen molar-refractivity contribution in [2.24, 2.45) is 0 Å². The van der Waals surface area contributed by atoms with Gasteiger partial charge in [-0.3, -0.25) is 9.69 Å². The molecule has 29 heavy (non-hydrogen) atoms. The first kappa shape index (κ1) is 20.5. The summed E-state index contributed by atoms with van der Waals surface area (Å²) in [6.45, 7) is 6.17. The minimum absolute atomic E-state index is 0.161. The van der Waals surface area contributed by atoms with E-state index in [4.69, 9.17) is 4.52 Å². The van der Waals surface area contributed by atoms with Crippen molar-refractivity contribution in [3.63, 3.8) is 0 Å². The lowest BCUT2D eigenvalue weighted by Gasteiger charge is -2.34. The minimum Gasteiger partial charge on any atom is -0.360 e. The zero-order valence-electron chi connectivity index (χ0n) is 16.5. The molecule has 4 heterocycles. The van der Waals surface area contributed by atoms with Crippen LogP contribution >= 0.6 is 11.3 Å². The quantitative estimate of drug-likeness (QED) is 0.711. The molecule has 0 aliphatic carbocycles. The Kier molecular flexibility index (Phi) is 6.05. The van der Waals surface area contributed by atoms with Crippen LogP contribution in [0.25, 0.3) is 0 Å². The average molecular weight is 439 g/mol. The van der Waals surface area contributed by atoms with Crippen molar-refractivity contribution in [3.05, 3.63) is 33.8 Å². The van der Waals surface area contributed by atoms with Crippen LogP contribution in [0.4, 0.5) is 0 Å². The third-order valence-corrected chi connectivity index (χ3v) is 8.44. The van der Waals surface area contributed by atoms with Gasteiger partial charge in [-0.25, -0.2) is 8.42 Å². The molecule has 0 bridgehead atoms. The van der Waals surface area contributed by atoms with Crippen LogP contribution in [0.15, 0.2) is 26.9 Å². The van der Waals surface area contributed by atoms with E-state index in [1.165, 1.54) is 15.6 Å². The maximum absolute atomic E-state index is 13.1. The molecule has 0 atom stereocenters. The molecule has 0 aromatic carbocycles. The standard InChI is InChI=1S/C19H26N4O4S2/c1-15-13-16(27-20-15)14-21-8-10-22(11-9-21)19(24)18-17(5-12-28-18)29(25,26)23-6-3-2-4-7-23/h5,12-13H,2-4,6-11,14H2,1H3. The molecule has 2 aliphatic heterocycles. The van der Waals surface area contributed by atoms with Crippen LogP contribution in [0.2, 0.25) is 0 Å². The van der Waals surface area contributed by atoms with Crippen molar-refractivity contribution < 1.29 is 17.7 Å². The molecule has 1 amide bonds. The summed E-state index contributed by atoms with van der Waals surface area (Å²) in [6.07, 6.45) is 2.80. The van der Waals surface area contributed by atoms with Crippen LogP contribution in [-0.4, -0.2) is 72.9 Å². The normalized spacial score (nSPS) is 19.6. The van der Waals surface area contributed by atoms with Gasteiger partial charge in [0.05, 0.1) is 12.2 Å². The Hall–Kier alpha value is -1.75. The first-order valence-electron chi connectivity index (χ1n) is 9.96. The van der Waals surface area contributed by atoms with E-state index in [1.54, 1.807) is 16.3 Å². The number of sulfonamides is 1. The second kappa shape index (κ2) is 8.55. The van der Waals surface area contributed by atoms with Crippen molar-refractivity contribution >= 4 is 27.3 Å². The number of hydrogen-bond acceptors (Lipinski definition) is 7. The summed E-state index contributed by atoms with van der Waals surface area (Å²) >= 11 is 1.21. The van der Waals surface area contributed by atoms with Gasteiger partial charge in [0.25, 0.3) is 5.91 Å². The maximum Gasteiger partial charge on any atom is 0.265 e. The van der Waals surface area contributed by atoms with Crippen LogP contribution in [-0.2, 0) is 16.6 Å². The molecule has 2 aliphatic rings. The number of hydrogen-bond donors (Lipinski definition) is 0. The summed E-state index contributed by atoms with van der Waals surface area (Å²) in [4.78, 5) is 17.5. The zero-order valence-corrected chi connectivity index (χ0v) is 18.2. The maximum atomic E-state index is 13.1. The summed E-state index contributed by atoms with van der Waals surface area (Å²) in [6, 6.07) is 3.49. The topological polar surface area (TPSA) is 87.0 Å². The highest BCUT2D eigenvalue weighted by atomic mass is 32.2. The number of amides is 1. The summed E-state index contributed by atoms with van der Waals surface area (Å²) in [5, 5.41) is 5.61. The van der Waals surface area contributed by atoms with E-state index in [2.05, 4.69) is 10.1 Å². The van der Waals surface area contributed by atoms with Crippen molar-refractivity contribution in [3.8, 4) is 0 Å². The highest BCUT2D eigenvalue weighted by Gasteiger charge is 2.33. The summed E-state index contributed by atoms with van der Waals surface area (Å²) in [5.41, 5.74) is 0.856. The van der Waals surface area contributed by atoms with E-state index < -0.39 is 10.0 Å². The first-order valence-corrected chi connectivity index (χ1v) is 12.3. The number of piperazine rings is 1. The van der Waals surface area contributed by atoms with Crippen LogP contribution in [0, 0.1) is 6.92 Å². The fourth-order valence-electron chi connectivity index (χ4n) is 3.86. The van der Waals surface area contributed by atoms with Crippen LogP contribution in [0.1, 0.15) is 40.4 Å². The second-order valence-electron chi connectivity index (χ2n) is 7.58. The lowest BCUT2D eigenvalue weighted by molar-refractivity contribution is 0.0618. The Labute approximate surface area is 175 Å². The third-order valence-electron chi connectivity index (χ3n) is 5.47. The molecule has 0 saturated carbocycles. The van der Waals surface area contributed by atoms with Crippen molar-refractivity contribution in [2.45, 2.75) is 37.6 Å². The van der Waals surface area contributed by atoms with Crippen molar-refractivity contribution in [1.29, 1.82) is 0 Å². The molecule has 8 nitrogen and oxygen atoms in total. The second-order valence-corrected chi connectivity index (χ2v) is 10.4. The molecule has 0 spiro atoms. The van der Waals surface area contributed by atoms with Crippen molar-refractivity contribution in [2.75, 3.05) is 39.3 Å². The fourth-order valence-corrected chi connectivity index (χ4v) is 6.74. The smallest absolute Gasteiger partial charge is 0.265 e. The van der Waals surface area contributed by atoms with Gasteiger partial charge >= 0.3 is 0 Å². The van der Waals surface area contributed by atoms with Gasteiger partial charge in [0.1, 0.15) is 9.77 Å². The summed E-state index contributed by atoms with van der Waals surface area (Å²) < 4.78 is 32.9. The van der Waals surface area contributed by atoms with Gasteiger partial charge in [-0.1, -0.05) is 11.6 Å². The highest BCUT2D eigenvalue weighted by molar-refractivity contribution is 7.89. The molecule has 0 radical (unpaired) electrons. The number of thiophene rings is 1. The lowest BCUT2D eigenvalue weighted by atomic mass is 10.2. The van der Waals surface area contributed by atoms with E-state index >= 15 is 0 Å². The SMILES string of the molecule is Cc1cc(CN2CCN(C(=O)c3sccc3S(=O)(=O)N3CCCCC3)CC2)on1. The van der Waals surface area contributed by atoms with E-state index in [0.29, 0.717) is 50.7 Å². The fraction of sp³-hybridized carbons (Fsp3) is 0.579. The van der Waals surface area contributed by atoms with Crippen LogP contribution in [0.5, 0.6) is 0 Å². The van der Waals surface area contributed by atoms with E-state index in [-0.39, 0.29) is 10.8 Å². The van der Waals surface area contributed by atoms with E-state index in [1.807, 2.05) is 13.0 Å². The molecule has 4 rings (SSSR count). The van der Waals surface area contributed by atoms with Crippen molar-refractivity contribution in [1.82, 2.24) is 19.3 Å². The number of carbonyl (C=O) groups is 1. The Bertz CT molecular complexity index is 955. The average Bonchev–Trinajstić information content (AvgIpc) is 3.38. The molecule has 158 valence electrons. The molecule has 10 heteroatoms. The summed E-state index contributed by atoms with van der Waals surface area (Å²) in [7, 11) is -3.62. The van der Waals surface area contributed by atoms with Gasteiger partial charge in [-0.05, 0) is 31.2 Å². The van der Waals surface area contributed by atoms with Crippen LogP contribution in [0.3, 0.4) is 0 Å². The third kappa shape index (κ3) is 4.40. The molecule has 2 aromatic heterocycles. The van der Waals surface area contributed by atoms with Crippen LogP contribution < -0.4 is 0 Å². The lowest BCUT2D eigenvalue weighted by Crippen LogP contribution is -2.48. The zero-order chi connectivity index (χ0) is 20.4. The Morgan fingerprint density at radius 2 is 1.86 bits per heavy atom. The van der Waals surface area contributed by atoms with Gasteiger partial charge in [0.15, 0.2) is 5.76 Å². The number of carbonyl (C=O) groups excluding carboxylic acids is 1. The largest absolute Gasteiger partial charge is 0.360 e. The van der Waals surface area contributed by atoms with Gasteiger partial charge in [0.2, 0.25) is 10.0 Å². The predicted octanol–water partition coefficient (Wildman–Crippen LogP) is 2.18. The monoisotopic (exact) mass is 438 g/mol. The minimum atomic E-state index is -3.62. The molecule has 2 fully saturated rings. The molecule has 0 unspecified atom stereocenters. The molecule has 0 N–H and O–H groups in total. The Morgan fingerprint density at radius 1 is 1.14 bits per heavy atom. The summed E-state index contributed by atoms with van der Waals surface area (Å²) in [5.74, 6) is 0.626. The van der Waals surface area contributed by atoms with E-state index in [0.717, 1.165) is 30.7 Å². The van der Waals surface area contributed by atoms with Gasteiger partial charge in [-0.15, -0.1) is 11.3 Å². The number of nitrogens with zero attached hydrogens (tertiary/aromatic N) is 4. The number of aromatic nitrogens is 1. The number of aryl methyl sites for hydroxylation is 1. The molecular formula is C19H26N4O4S2.